The molecule has 0 saturated carbocycles. The van der Waals surface area contributed by atoms with Gasteiger partial charge in [-0.05, 0) is 30.3 Å². The summed E-state index contributed by atoms with van der Waals surface area (Å²) in [5.74, 6) is -0.689. The maximum atomic E-state index is 12.9. The van der Waals surface area contributed by atoms with Crippen molar-refractivity contribution in [1.29, 1.82) is 0 Å². The zero-order valence-electron chi connectivity index (χ0n) is 9.61. The first-order chi connectivity index (χ1) is 8.40. The van der Waals surface area contributed by atoms with Gasteiger partial charge in [0.15, 0.2) is 0 Å². The fraction of sp³-hybridized carbons (Fsp3) is 0.273. The lowest BCUT2D eigenvalue weighted by molar-refractivity contribution is -0.274. The van der Waals surface area contributed by atoms with E-state index in [1.54, 1.807) is 0 Å². The van der Waals surface area contributed by atoms with Crippen LogP contribution in [0.3, 0.4) is 0 Å². The first-order valence-electron chi connectivity index (χ1n) is 4.94. The fourth-order valence-electron chi connectivity index (χ4n) is 1.08. The SMILES string of the molecule is Cl.NCC=C(F)COc1ccc(OC(F)(F)F)cc1. The molecule has 0 heterocycles. The van der Waals surface area contributed by atoms with E-state index in [9.17, 15) is 17.6 Å². The molecule has 0 fully saturated rings. The summed E-state index contributed by atoms with van der Waals surface area (Å²) in [6, 6.07) is 4.65. The Morgan fingerprint density at radius 2 is 1.68 bits per heavy atom. The van der Waals surface area contributed by atoms with E-state index in [-0.39, 0.29) is 37.1 Å². The van der Waals surface area contributed by atoms with Crippen molar-refractivity contribution in [3.05, 3.63) is 36.2 Å². The number of halogens is 5. The zero-order chi connectivity index (χ0) is 13.6. The lowest BCUT2D eigenvalue weighted by Crippen LogP contribution is -2.16. The van der Waals surface area contributed by atoms with E-state index in [4.69, 9.17) is 10.5 Å². The summed E-state index contributed by atoms with van der Waals surface area (Å²) in [6.07, 6.45) is -3.60. The first-order valence-corrected chi connectivity index (χ1v) is 4.94. The molecule has 8 heteroatoms. The average molecular weight is 302 g/mol. The molecule has 0 aliphatic heterocycles. The maximum absolute atomic E-state index is 12.9. The summed E-state index contributed by atoms with van der Waals surface area (Å²) in [6.45, 7) is -0.274. The number of alkyl halides is 3. The van der Waals surface area contributed by atoms with E-state index in [0.717, 1.165) is 18.2 Å². The van der Waals surface area contributed by atoms with Crippen LogP contribution in [0.1, 0.15) is 0 Å². The third-order valence-electron chi connectivity index (χ3n) is 1.77. The first kappa shape index (κ1) is 17.5. The molecule has 0 unspecified atom stereocenters. The molecule has 108 valence electrons. The third kappa shape index (κ3) is 7.53. The van der Waals surface area contributed by atoms with Gasteiger partial charge < -0.3 is 15.2 Å². The van der Waals surface area contributed by atoms with Crippen LogP contribution in [0.4, 0.5) is 17.6 Å². The van der Waals surface area contributed by atoms with Crippen LogP contribution in [0.15, 0.2) is 36.2 Å². The normalized spacial score (nSPS) is 11.7. The highest BCUT2D eigenvalue weighted by Gasteiger charge is 2.30. The highest BCUT2D eigenvalue weighted by molar-refractivity contribution is 5.85. The summed E-state index contributed by atoms with van der Waals surface area (Å²) in [4.78, 5) is 0. The number of rotatable bonds is 5. The highest BCUT2D eigenvalue weighted by atomic mass is 35.5. The van der Waals surface area contributed by atoms with Gasteiger partial charge in [0.1, 0.15) is 23.9 Å². The van der Waals surface area contributed by atoms with Crippen molar-refractivity contribution in [1.82, 2.24) is 0 Å². The monoisotopic (exact) mass is 301 g/mol. The molecule has 0 amide bonds. The Morgan fingerprint density at radius 1 is 1.16 bits per heavy atom. The summed E-state index contributed by atoms with van der Waals surface area (Å²) in [7, 11) is 0. The van der Waals surface area contributed by atoms with Crippen molar-refractivity contribution in [3.8, 4) is 11.5 Å². The Morgan fingerprint density at radius 3 is 2.16 bits per heavy atom. The molecule has 0 bridgehead atoms. The van der Waals surface area contributed by atoms with Gasteiger partial charge in [0.2, 0.25) is 0 Å². The Kier molecular flexibility index (Phi) is 7.25. The second kappa shape index (κ2) is 7.85. The second-order valence-corrected chi connectivity index (χ2v) is 3.19. The molecule has 0 saturated heterocycles. The van der Waals surface area contributed by atoms with Crippen LogP contribution in [0.5, 0.6) is 11.5 Å². The molecule has 19 heavy (non-hydrogen) atoms. The molecule has 0 aromatic heterocycles. The van der Waals surface area contributed by atoms with Crippen LogP contribution in [0.25, 0.3) is 0 Å². The van der Waals surface area contributed by atoms with Gasteiger partial charge in [0, 0.05) is 6.54 Å². The molecular formula is C11H12ClF4NO2. The molecule has 0 aliphatic rings. The molecule has 1 aromatic carbocycles. The molecule has 2 N–H and O–H groups in total. The number of hydrogen-bond donors (Lipinski definition) is 1. The van der Waals surface area contributed by atoms with Crippen molar-refractivity contribution in [2.45, 2.75) is 6.36 Å². The van der Waals surface area contributed by atoms with Crippen molar-refractivity contribution >= 4 is 12.4 Å². The van der Waals surface area contributed by atoms with Crippen LogP contribution >= 0.6 is 12.4 Å². The number of hydrogen-bond acceptors (Lipinski definition) is 3. The Bertz CT molecular complexity index is 406. The van der Waals surface area contributed by atoms with Gasteiger partial charge in [-0.25, -0.2) is 4.39 Å². The topological polar surface area (TPSA) is 44.5 Å². The van der Waals surface area contributed by atoms with Crippen molar-refractivity contribution in [2.24, 2.45) is 5.73 Å². The van der Waals surface area contributed by atoms with E-state index in [2.05, 4.69) is 4.74 Å². The van der Waals surface area contributed by atoms with E-state index < -0.39 is 12.2 Å². The molecular weight excluding hydrogens is 290 g/mol. The van der Waals surface area contributed by atoms with Crippen molar-refractivity contribution in [2.75, 3.05) is 13.2 Å². The molecule has 0 spiro atoms. The van der Waals surface area contributed by atoms with Gasteiger partial charge in [-0.2, -0.15) is 0 Å². The fourth-order valence-corrected chi connectivity index (χ4v) is 1.08. The van der Waals surface area contributed by atoms with Crippen molar-refractivity contribution < 1.29 is 27.0 Å². The quantitative estimate of drug-likeness (QED) is 0.850. The number of ether oxygens (including phenoxy) is 2. The third-order valence-corrected chi connectivity index (χ3v) is 1.77. The lowest BCUT2D eigenvalue weighted by atomic mass is 10.3. The maximum Gasteiger partial charge on any atom is 0.573 e. The highest BCUT2D eigenvalue weighted by Crippen LogP contribution is 2.24. The van der Waals surface area contributed by atoms with Crippen LogP contribution in [0.2, 0.25) is 0 Å². The molecule has 0 radical (unpaired) electrons. The Hall–Kier alpha value is -1.47. The standard InChI is InChI=1S/C11H11F4NO2.ClH/c12-8(5-6-16)7-17-9-1-3-10(4-2-9)18-11(13,14)15;/h1-5H,6-7,16H2;1H. The molecule has 3 nitrogen and oxygen atoms in total. The molecule has 1 aromatic rings. The summed E-state index contributed by atoms with van der Waals surface area (Å²) in [5.41, 5.74) is 5.08. The van der Waals surface area contributed by atoms with Crippen LogP contribution in [-0.4, -0.2) is 19.5 Å². The molecule has 1 rings (SSSR count). The molecule has 0 atom stereocenters. The van der Waals surface area contributed by atoms with E-state index in [1.165, 1.54) is 12.1 Å². The van der Waals surface area contributed by atoms with Crippen LogP contribution in [-0.2, 0) is 0 Å². The van der Waals surface area contributed by atoms with E-state index >= 15 is 0 Å². The largest absolute Gasteiger partial charge is 0.573 e. The number of nitrogens with two attached hydrogens (primary N) is 1. The zero-order valence-corrected chi connectivity index (χ0v) is 10.4. The Labute approximate surface area is 113 Å². The van der Waals surface area contributed by atoms with Gasteiger partial charge in [-0.15, -0.1) is 25.6 Å². The average Bonchev–Trinajstić information content (AvgIpc) is 2.26. The van der Waals surface area contributed by atoms with Crippen LogP contribution in [0, 0.1) is 0 Å². The lowest BCUT2D eigenvalue weighted by Gasteiger charge is -2.09. The van der Waals surface area contributed by atoms with Gasteiger partial charge >= 0.3 is 6.36 Å². The smallest absolute Gasteiger partial charge is 0.487 e. The van der Waals surface area contributed by atoms with E-state index in [0.29, 0.717) is 0 Å². The minimum absolute atomic E-state index is 0. The summed E-state index contributed by atoms with van der Waals surface area (Å²) < 4.78 is 57.1. The predicted molar refractivity (Wildman–Crippen MR) is 64.1 cm³/mol. The molecule has 0 aliphatic carbocycles. The Balaban J connectivity index is 0.00000324. The van der Waals surface area contributed by atoms with Gasteiger partial charge in [-0.3, -0.25) is 0 Å². The van der Waals surface area contributed by atoms with Gasteiger partial charge in [0.25, 0.3) is 0 Å². The van der Waals surface area contributed by atoms with Crippen molar-refractivity contribution in [3.63, 3.8) is 0 Å². The summed E-state index contributed by atoms with van der Waals surface area (Å²) >= 11 is 0. The van der Waals surface area contributed by atoms with E-state index in [1.807, 2.05) is 0 Å². The minimum atomic E-state index is -4.74. The van der Waals surface area contributed by atoms with Crippen LogP contribution < -0.4 is 15.2 Å². The van der Waals surface area contributed by atoms with Gasteiger partial charge in [0.05, 0.1) is 0 Å². The van der Waals surface area contributed by atoms with Gasteiger partial charge in [-0.1, -0.05) is 0 Å². The second-order valence-electron chi connectivity index (χ2n) is 3.19. The minimum Gasteiger partial charge on any atom is -0.487 e. The predicted octanol–water partition coefficient (Wildman–Crippen LogP) is 3.20. The summed E-state index contributed by atoms with van der Waals surface area (Å²) in [5, 5.41) is 0. The number of benzene rings is 1.